The number of halogens is 1. The van der Waals surface area contributed by atoms with Gasteiger partial charge in [-0.2, -0.15) is 0 Å². The van der Waals surface area contributed by atoms with Gasteiger partial charge in [0.25, 0.3) is 5.91 Å². The maximum absolute atomic E-state index is 12.1. The number of benzene rings is 2. The minimum absolute atomic E-state index is 0.0238. The first-order valence-corrected chi connectivity index (χ1v) is 8.49. The summed E-state index contributed by atoms with van der Waals surface area (Å²) in [5.41, 5.74) is 1.09. The summed E-state index contributed by atoms with van der Waals surface area (Å²) in [6, 6.07) is 13.8. The van der Waals surface area contributed by atoms with E-state index < -0.39 is 5.97 Å². The van der Waals surface area contributed by atoms with Crippen molar-refractivity contribution in [2.45, 2.75) is 0 Å². The molecule has 0 spiro atoms. The number of hydrogen-bond donors (Lipinski definition) is 1. The first kappa shape index (κ1) is 16.5. The van der Waals surface area contributed by atoms with E-state index in [0.29, 0.717) is 10.1 Å². The summed E-state index contributed by atoms with van der Waals surface area (Å²) in [6.45, 7) is 0. The van der Waals surface area contributed by atoms with E-state index >= 15 is 0 Å². The number of carboxylic acids is 1. The van der Waals surface area contributed by atoms with E-state index in [9.17, 15) is 14.7 Å². The summed E-state index contributed by atoms with van der Waals surface area (Å²) in [4.78, 5) is 27.9. The normalized spacial score (nSPS) is 17.3. The smallest absolute Gasteiger partial charge is 0.264 e. The molecule has 1 amide bonds. The molecule has 0 bridgehead atoms. The predicted octanol–water partition coefficient (Wildman–Crippen LogP) is 2.70. The SMILES string of the molecule is O=C1NC(=Nc2ccccc2C(=O)[O-])S/C1=C\c1cccc(Br)c1. The average molecular weight is 402 g/mol. The summed E-state index contributed by atoms with van der Waals surface area (Å²) in [5.74, 6) is -1.58. The number of carboxylic acid groups (broad SMARTS) is 1. The van der Waals surface area contributed by atoms with Gasteiger partial charge in [-0.3, -0.25) is 4.79 Å². The third-order valence-electron chi connectivity index (χ3n) is 3.14. The van der Waals surface area contributed by atoms with Crippen molar-refractivity contribution in [2.75, 3.05) is 0 Å². The highest BCUT2D eigenvalue weighted by atomic mass is 79.9. The Morgan fingerprint density at radius 2 is 2.00 bits per heavy atom. The molecular formula is C17H10BrN2O3S-. The number of amidine groups is 1. The van der Waals surface area contributed by atoms with E-state index in [4.69, 9.17) is 0 Å². The van der Waals surface area contributed by atoms with Gasteiger partial charge in [0.2, 0.25) is 0 Å². The second-order valence-electron chi connectivity index (χ2n) is 4.84. The van der Waals surface area contributed by atoms with Crippen LogP contribution in [0.25, 0.3) is 6.08 Å². The molecule has 24 heavy (non-hydrogen) atoms. The molecule has 7 heteroatoms. The van der Waals surface area contributed by atoms with Crippen LogP contribution in [0.3, 0.4) is 0 Å². The monoisotopic (exact) mass is 401 g/mol. The molecule has 1 aliphatic rings. The maximum atomic E-state index is 12.1. The molecule has 0 saturated carbocycles. The van der Waals surface area contributed by atoms with Crippen LogP contribution in [0.1, 0.15) is 15.9 Å². The lowest BCUT2D eigenvalue weighted by atomic mass is 10.2. The number of aliphatic imine (C=N–C) groups is 1. The lowest BCUT2D eigenvalue weighted by Gasteiger charge is -2.06. The summed E-state index contributed by atoms with van der Waals surface area (Å²) >= 11 is 4.54. The Morgan fingerprint density at radius 3 is 2.75 bits per heavy atom. The second-order valence-corrected chi connectivity index (χ2v) is 6.79. The van der Waals surface area contributed by atoms with Gasteiger partial charge in [-0.1, -0.05) is 46.3 Å². The topological polar surface area (TPSA) is 81.6 Å². The van der Waals surface area contributed by atoms with Gasteiger partial charge in [0.15, 0.2) is 5.17 Å². The summed E-state index contributed by atoms with van der Waals surface area (Å²) < 4.78 is 0.914. The van der Waals surface area contributed by atoms with E-state index in [0.717, 1.165) is 21.8 Å². The lowest BCUT2D eigenvalue weighted by Crippen LogP contribution is -2.23. The molecule has 120 valence electrons. The van der Waals surface area contributed by atoms with E-state index in [1.165, 1.54) is 6.07 Å². The zero-order valence-electron chi connectivity index (χ0n) is 12.2. The van der Waals surface area contributed by atoms with Crippen LogP contribution < -0.4 is 10.4 Å². The molecule has 0 aromatic heterocycles. The summed E-state index contributed by atoms with van der Waals surface area (Å²) in [7, 11) is 0. The molecule has 5 nitrogen and oxygen atoms in total. The number of thioether (sulfide) groups is 1. The van der Waals surface area contributed by atoms with Crippen LogP contribution >= 0.6 is 27.7 Å². The van der Waals surface area contributed by atoms with Crippen molar-refractivity contribution in [2.24, 2.45) is 4.99 Å². The third kappa shape index (κ3) is 3.74. The highest BCUT2D eigenvalue weighted by Crippen LogP contribution is 2.29. The number of rotatable bonds is 3. The van der Waals surface area contributed by atoms with Crippen molar-refractivity contribution in [3.8, 4) is 0 Å². The van der Waals surface area contributed by atoms with Gasteiger partial charge in [-0.15, -0.1) is 0 Å². The number of carbonyl (C=O) groups is 2. The standard InChI is InChI=1S/C17H11BrN2O3S/c18-11-5-3-4-10(8-11)9-14-15(21)20-17(24-14)19-13-7-2-1-6-12(13)16(22)23/h1-9H,(H,22,23)(H,19,20,21)/p-1/b14-9-. The zero-order valence-corrected chi connectivity index (χ0v) is 14.6. The van der Waals surface area contributed by atoms with Crippen LogP contribution in [0.4, 0.5) is 5.69 Å². The molecule has 0 aliphatic carbocycles. The quantitative estimate of drug-likeness (QED) is 0.801. The molecule has 2 aromatic carbocycles. The van der Waals surface area contributed by atoms with Crippen LogP contribution in [-0.4, -0.2) is 17.0 Å². The largest absolute Gasteiger partial charge is 0.545 e. The van der Waals surface area contributed by atoms with Gasteiger partial charge in [-0.05, 0) is 41.6 Å². The summed E-state index contributed by atoms with van der Waals surface area (Å²) in [6.07, 6.45) is 1.75. The van der Waals surface area contributed by atoms with Gasteiger partial charge in [0, 0.05) is 10.0 Å². The third-order valence-corrected chi connectivity index (χ3v) is 4.55. The average Bonchev–Trinajstić information content (AvgIpc) is 2.87. The minimum Gasteiger partial charge on any atom is -0.545 e. The second kappa shape index (κ2) is 7.02. The highest BCUT2D eigenvalue weighted by molar-refractivity contribution is 9.10. The van der Waals surface area contributed by atoms with Crippen molar-refractivity contribution in [1.82, 2.24) is 5.32 Å². The number of nitrogens with zero attached hydrogens (tertiary/aromatic N) is 1. The number of hydrogen-bond acceptors (Lipinski definition) is 5. The van der Waals surface area contributed by atoms with Crippen molar-refractivity contribution in [1.29, 1.82) is 0 Å². The Balaban J connectivity index is 1.89. The first-order chi connectivity index (χ1) is 11.5. The molecular weight excluding hydrogens is 392 g/mol. The molecule has 0 atom stereocenters. The molecule has 0 radical (unpaired) electrons. The molecule has 1 aliphatic heterocycles. The van der Waals surface area contributed by atoms with Crippen LogP contribution in [0.5, 0.6) is 0 Å². The van der Waals surface area contributed by atoms with Crippen molar-refractivity contribution < 1.29 is 14.7 Å². The fourth-order valence-corrected chi connectivity index (χ4v) is 3.33. The van der Waals surface area contributed by atoms with E-state index in [1.54, 1.807) is 24.3 Å². The number of para-hydroxylation sites is 1. The van der Waals surface area contributed by atoms with Crippen molar-refractivity contribution >= 4 is 56.5 Å². The van der Waals surface area contributed by atoms with Crippen LogP contribution in [0, 0.1) is 0 Å². The Kier molecular flexibility index (Phi) is 4.82. The number of aromatic carboxylic acids is 1. The maximum Gasteiger partial charge on any atom is 0.264 e. The van der Waals surface area contributed by atoms with E-state index in [-0.39, 0.29) is 17.2 Å². The first-order valence-electron chi connectivity index (χ1n) is 6.88. The van der Waals surface area contributed by atoms with Crippen LogP contribution in [-0.2, 0) is 4.79 Å². The van der Waals surface area contributed by atoms with Gasteiger partial charge < -0.3 is 15.2 Å². The van der Waals surface area contributed by atoms with Gasteiger partial charge in [0.1, 0.15) is 0 Å². The molecule has 1 heterocycles. The lowest BCUT2D eigenvalue weighted by molar-refractivity contribution is -0.254. The minimum atomic E-state index is -1.31. The number of nitrogens with one attached hydrogen (secondary N) is 1. The van der Waals surface area contributed by atoms with Gasteiger partial charge in [0.05, 0.1) is 16.6 Å². The molecule has 0 unspecified atom stereocenters. The van der Waals surface area contributed by atoms with Gasteiger partial charge in [-0.25, -0.2) is 4.99 Å². The zero-order chi connectivity index (χ0) is 17.1. The van der Waals surface area contributed by atoms with Gasteiger partial charge >= 0.3 is 0 Å². The number of carbonyl (C=O) groups excluding carboxylic acids is 2. The molecule has 1 fully saturated rings. The Labute approximate surface area is 150 Å². The Morgan fingerprint density at radius 1 is 1.21 bits per heavy atom. The number of amides is 1. The van der Waals surface area contributed by atoms with Crippen LogP contribution in [0.2, 0.25) is 0 Å². The van der Waals surface area contributed by atoms with Crippen molar-refractivity contribution in [3.63, 3.8) is 0 Å². The molecule has 1 N–H and O–H groups in total. The Hall–Kier alpha value is -2.38. The molecule has 2 aromatic rings. The van der Waals surface area contributed by atoms with Crippen molar-refractivity contribution in [3.05, 3.63) is 69.0 Å². The molecule has 3 rings (SSSR count). The predicted molar refractivity (Wildman–Crippen MR) is 95.7 cm³/mol. The summed E-state index contributed by atoms with van der Waals surface area (Å²) in [5, 5.41) is 14.1. The van der Waals surface area contributed by atoms with E-state index in [1.807, 2.05) is 24.3 Å². The highest BCUT2D eigenvalue weighted by Gasteiger charge is 2.24. The molecule has 1 saturated heterocycles. The van der Waals surface area contributed by atoms with E-state index in [2.05, 4.69) is 26.2 Å². The fourth-order valence-electron chi connectivity index (χ4n) is 2.08. The fraction of sp³-hybridized carbons (Fsp3) is 0. The van der Waals surface area contributed by atoms with Crippen LogP contribution in [0.15, 0.2) is 62.9 Å². The Bertz CT molecular complexity index is 893.